The average Bonchev–Trinajstić information content (AvgIpc) is 3.00. The van der Waals surface area contributed by atoms with Gasteiger partial charge in [-0.3, -0.25) is 0 Å². The Morgan fingerprint density at radius 3 is 2.21 bits per heavy atom. The van der Waals surface area contributed by atoms with Gasteiger partial charge in [-0.25, -0.2) is 24.0 Å². The fraction of sp³-hybridized carbons (Fsp3) is 0.0588. The summed E-state index contributed by atoms with van der Waals surface area (Å²) < 4.78 is 15.6. The summed E-state index contributed by atoms with van der Waals surface area (Å²) in [6, 6.07) is 10.1. The highest BCUT2D eigenvalue weighted by Crippen LogP contribution is 2.28. The maximum absolute atomic E-state index is 14.0. The smallest absolute Gasteiger partial charge is 0.184 e. The van der Waals surface area contributed by atoms with Gasteiger partial charge in [0.15, 0.2) is 23.1 Å². The standard InChI is InChI=1S/C17H15FN8.3ClH/c18-11-6-2-1-4-9(11)8-26-17-10(5-3-7-22-17)13(25-26)16-23-14(20)12(19)15(21)24-16;;;/h1-7H,8,19H2,(H4,20,21,23,24);3*1H. The molecule has 0 unspecified atom stereocenters. The van der Waals surface area contributed by atoms with Crippen LogP contribution in [0.25, 0.3) is 22.6 Å². The molecule has 12 heteroatoms. The lowest BCUT2D eigenvalue weighted by molar-refractivity contribution is 0.589. The third kappa shape index (κ3) is 4.42. The number of nitrogens with two attached hydrogens (primary N) is 3. The third-order valence-electron chi connectivity index (χ3n) is 4.00. The molecule has 3 heterocycles. The second kappa shape index (κ2) is 9.55. The molecule has 154 valence electrons. The van der Waals surface area contributed by atoms with E-state index >= 15 is 0 Å². The summed E-state index contributed by atoms with van der Waals surface area (Å²) in [5.41, 5.74) is 18.9. The third-order valence-corrected chi connectivity index (χ3v) is 4.00. The average molecular weight is 460 g/mol. The van der Waals surface area contributed by atoms with Crippen molar-refractivity contribution in [2.24, 2.45) is 0 Å². The zero-order valence-electron chi connectivity index (χ0n) is 14.8. The molecule has 6 N–H and O–H groups in total. The molecular formula is C17H18Cl3FN8. The van der Waals surface area contributed by atoms with Gasteiger partial charge in [0.05, 0.1) is 11.9 Å². The number of aromatic nitrogens is 5. The van der Waals surface area contributed by atoms with E-state index in [4.69, 9.17) is 17.2 Å². The van der Waals surface area contributed by atoms with Crippen LogP contribution in [0.1, 0.15) is 5.56 Å². The molecule has 0 atom stereocenters. The fourth-order valence-corrected chi connectivity index (χ4v) is 2.68. The number of nitrogen functional groups attached to an aromatic ring is 3. The van der Waals surface area contributed by atoms with Crippen molar-refractivity contribution in [3.8, 4) is 11.5 Å². The van der Waals surface area contributed by atoms with Crippen molar-refractivity contribution in [3.63, 3.8) is 0 Å². The van der Waals surface area contributed by atoms with Gasteiger partial charge in [-0.15, -0.1) is 37.2 Å². The molecule has 0 aliphatic carbocycles. The van der Waals surface area contributed by atoms with Crippen LogP contribution >= 0.6 is 37.2 Å². The molecule has 0 aliphatic heterocycles. The van der Waals surface area contributed by atoms with Crippen LogP contribution in [-0.2, 0) is 6.54 Å². The molecule has 4 rings (SSSR count). The van der Waals surface area contributed by atoms with Crippen molar-refractivity contribution in [1.29, 1.82) is 0 Å². The number of hydrogen-bond acceptors (Lipinski definition) is 7. The van der Waals surface area contributed by atoms with Gasteiger partial charge < -0.3 is 17.2 Å². The monoisotopic (exact) mass is 458 g/mol. The zero-order valence-corrected chi connectivity index (χ0v) is 17.3. The number of hydrogen-bond donors (Lipinski definition) is 3. The molecule has 0 saturated heterocycles. The molecule has 0 bridgehead atoms. The van der Waals surface area contributed by atoms with Crippen LogP contribution < -0.4 is 17.2 Å². The van der Waals surface area contributed by atoms with Crippen LogP contribution in [-0.4, -0.2) is 24.7 Å². The zero-order chi connectivity index (χ0) is 18.3. The number of pyridine rings is 1. The van der Waals surface area contributed by atoms with E-state index < -0.39 is 0 Å². The first-order chi connectivity index (χ1) is 12.5. The van der Waals surface area contributed by atoms with Gasteiger partial charge in [-0.2, -0.15) is 5.10 Å². The van der Waals surface area contributed by atoms with Crippen LogP contribution in [0, 0.1) is 5.82 Å². The Labute approximate surface area is 184 Å². The van der Waals surface area contributed by atoms with Gasteiger partial charge >= 0.3 is 0 Å². The van der Waals surface area contributed by atoms with Crippen molar-refractivity contribution < 1.29 is 4.39 Å². The molecule has 0 amide bonds. The van der Waals surface area contributed by atoms with Gasteiger partial charge in [0.25, 0.3) is 0 Å². The molecule has 29 heavy (non-hydrogen) atoms. The summed E-state index contributed by atoms with van der Waals surface area (Å²) in [6.07, 6.45) is 1.64. The Bertz CT molecular complexity index is 1110. The van der Waals surface area contributed by atoms with Crippen LogP contribution in [0.15, 0.2) is 42.6 Å². The van der Waals surface area contributed by atoms with Crippen molar-refractivity contribution in [3.05, 3.63) is 54.0 Å². The summed E-state index contributed by atoms with van der Waals surface area (Å²) in [5, 5.41) is 5.22. The summed E-state index contributed by atoms with van der Waals surface area (Å²) in [7, 11) is 0. The molecule has 0 aliphatic rings. The molecule has 3 aromatic heterocycles. The largest absolute Gasteiger partial charge is 0.393 e. The van der Waals surface area contributed by atoms with Crippen molar-refractivity contribution in [1.82, 2.24) is 24.7 Å². The highest BCUT2D eigenvalue weighted by molar-refractivity contribution is 5.90. The van der Waals surface area contributed by atoms with Crippen molar-refractivity contribution in [2.45, 2.75) is 6.54 Å². The predicted octanol–water partition coefficient (Wildman–Crippen LogP) is 3.09. The maximum Gasteiger partial charge on any atom is 0.184 e. The summed E-state index contributed by atoms with van der Waals surface area (Å²) >= 11 is 0. The second-order valence-corrected chi connectivity index (χ2v) is 5.70. The Kier molecular flexibility index (Phi) is 7.96. The molecule has 0 spiro atoms. The van der Waals surface area contributed by atoms with Gasteiger partial charge in [0.2, 0.25) is 0 Å². The fourth-order valence-electron chi connectivity index (χ4n) is 2.68. The number of halogens is 4. The number of fused-ring (bicyclic) bond motifs is 1. The van der Waals surface area contributed by atoms with E-state index in [9.17, 15) is 4.39 Å². The second-order valence-electron chi connectivity index (χ2n) is 5.70. The Balaban J connectivity index is 0.00000140. The molecular weight excluding hydrogens is 442 g/mol. The Morgan fingerprint density at radius 1 is 0.897 bits per heavy atom. The normalized spacial score (nSPS) is 9.97. The van der Waals surface area contributed by atoms with E-state index in [2.05, 4.69) is 20.1 Å². The summed E-state index contributed by atoms with van der Waals surface area (Å²) in [4.78, 5) is 12.7. The number of anilines is 3. The van der Waals surface area contributed by atoms with Gasteiger partial charge in [0.1, 0.15) is 17.2 Å². The lowest BCUT2D eigenvalue weighted by atomic mass is 10.2. The topological polar surface area (TPSA) is 135 Å². The molecule has 8 nitrogen and oxygen atoms in total. The van der Waals surface area contributed by atoms with Crippen LogP contribution in [0.5, 0.6) is 0 Å². The lowest BCUT2D eigenvalue weighted by Gasteiger charge is -2.05. The van der Waals surface area contributed by atoms with Gasteiger partial charge in [-0.1, -0.05) is 18.2 Å². The van der Waals surface area contributed by atoms with E-state index in [-0.39, 0.29) is 72.7 Å². The molecule has 1 aromatic carbocycles. The molecule has 0 saturated carbocycles. The minimum atomic E-state index is -0.314. The first kappa shape index (κ1) is 24.2. The highest BCUT2D eigenvalue weighted by atomic mass is 35.5. The molecule has 0 radical (unpaired) electrons. The highest BCUT2D eigenvalue weighted by Gasteiger charge is 2.18. The van der Waals surface area contributed by atoms with Gasteiger partial charge in [0, 0.05) is 11.8 Å². The predicted molar refractivity (Wildman–Crippen MR) is 119 cm³/mol. The summed E-state index contributed by atoms with van der Waals surface area (Å²) in [6.45, 7) is 0.208. The quantitative estimate of drug-likeness (QED) is 0.428. The van der Waals surface area contributed by atoms with Crippen molar-refractivity contribution >= 4 is 65.6 Å². The van der Waals surface area contributed by atoms with E-state index in [1.54, 1.807) is 35.1 Å². The molecule has 0 fully saturated rings. The van der Waals surface area contributed by atoms with E-state index in [1.165, 1.54) is 6.07 Å². The van der Waals surface area contributed by atoms with E-state index in [0.29, 0.717) is 22.3 Å². The SMILES string of the molecule is Cl.Cl.Cl.Nc1nc(-c2nn(Cc3ccccc3F)c3ncccc23)nc(N)c1N. The van der Waals surface area contributed by atoms with Gasteiger partial charge in [-0.05, 0) is 18.2 Å². The lowest BCUT2D eigenvalue weighted by Crippen LogP contribution is -2.07. The number of benzene rings is 1. The van der Waals surface area contributed by atoms with Crippen molar-refractivity contribution in [2.75, 3.05) is 17.2 Å². The van der Waals surface area contributed by atoms with Crippen LogP contribution in [0.2, 0.25) is 0 Å². The van der Waals surface area contributed by atoms with Crippen LogP contribution in [0.3, 0.4) is 0 Å². The minimum absolute atomic E-state index is 0. The summed E-state index contributed by atoms with van der Waals surface area (Å²) in [5.74, 6) is 0.0757. The first-order valence-electron chi connectivity index (χ1n) is 7.78. The van der Waals surface area contributed by atoms with E-state index in [0.717, 1.165) is 0 Å². The maximum atomic E-state index is 14.0. The Hall–Kier alpha value is -2.88. The number of nitrogens with zero attached hydrogens (tertiary/aromatic N) is 5. The molecule has 4 aromatic rings. The Morgan fingerprint density at radius 2 is 1.55 bits per heavy atom. The first-order valence-corrected chi connectivity index (χ1v) is 7.78. The minimum Gasteiger partial charge on any atom is -0.393 e. The van der Waals surface area contributed by atoms with Crippen LogP contribution in [0.4, 0.5) is 21.7 Å². The van der Waals surface area contributed by atoms with E-state index in [1.807, 2.05) is 6.07 Å². The number of rotatable bonds is 3.